The zero-order valence-electron chi connectivity index (χ0n) is 17.3. The summed E-state index contributed by atoms with van der Waals surface area (Å²) in [5.74, 6) is 0.0393. The van der Waals surface area contributed by atoms with Crippen molar-refractivity contribution in [2.24, 2.45) is 0 Å². The molecule has 0 atom stereocenters. The summed E-state index contributed by atoms with van der Waals surface area (Å²) in [6, 6.07) is 0. The van der Waals surface area contributed by atoms with E-state index in [1.807, 2.05) is 34.7 Å². The van der Waals surface area contributed by atoms with Crippen LogP contribution in [0, 0.1) is 62.3 Å². The minimum Gasteiger partial charge on any atom is -0.309 e. The molecule has 0 aliphatic rings. The van der Waals surface area contributed by atoms with Crippen molar-refractivity contribution in [3.05, 3.63) is 55.9 Å². The molecule has 1 aromatic heterocycles. The van der Waals surface area contributed by atoms with Gasteiger partial charge in [0.25, 0.3) is 5.91 Å². The minimum atomic E-state index is 0.0393. The highest BCUT2D eigenvalue weighted by Crippen LogP contribution is 2.31. The van der Waals surface area contributed by atoms with E-state index in [9.17, 15) is 4.79 Å². The van der Waals surface area contributed by atoms with Gasteiger partial charge < -0.3 is 4.90 Å². The fourth-order valence-corrected chi connectivity index (χ4v) is 3.69. The number of hydrogen-bond acceptors (Lipinski definition) is 2. The molecule has 0 bridgehead atoms. The number of pyridine rings is 1. The van der Waals surface area contributed by atoms with Crippen LogP contribution in [0.2, 0.25) is 0 Å². The smallest absolute Gasteiger partial charge is 0.258 e. The van der Waals surface area contributed by atoms with Crippen molar-refractivity contribution in [3.8, 4) is 0 Å². The molecule has 3 heteroatoms. The first kappa shape index (κ1) is 19.2. The average Bonchev–Trinajstić information content (AvgIpc) is 2.56. The number of nitrogens with zero attached hydrogens (tertiary/aromatic N) is 2. The van der Waals surface area contributed by atoms with E-state index < -0.39 is 0 Å². The second-order valence-corrected chi connectivity index (χ2v) is 7.25. The van der Waals surface area contributed by atoms with Crippen molar-refractivity contribution >= 4 is 11.6 Å². The lowest BCUT2D eigenvalue weighted by Crippen LogP contribution is -2.30. The average molecular weight is 338 g/mol. The van der Waals surface area contributed by atoms with Gasteiger partial charge in [-0.15, -0.1) is 0 Å². The molecule has 0 spiro atoms. The molecule has 25 heavy (non-hydrogen) atoms. The van der Waals surface area contributed by atoms with Crippen LogP contribution in [0.5, 0.6) is 0 Å². The zero-order chi connectivity index (χ0) is 19.2. The van der Waals surface area contributed by atoms with E-state index >= 15 is 0 Å². The molecule has 1 amide bonds. The van der Waals surface area contributed by atoms with E-state index in [1.54, 1.807) is 4.90 Å². The molecular weight excluding hydrogens is 308 g/mol. The first-order valence-electron chi connectivity index (χ1n) is 8.80. The predicted octanol–water partition coefficient (Wildman–Crippen LogP) is 5.13. The number of aryl methyl sites for hydroxylation is 2. The van der Waals surface area contributed by atoms with Gasteiger partial charge in [-0.3, -0.25) is 9.78 Å². The molecular formula is C22H30N2O. The van der Waals surface area contributed by atoms with Crippen molar-refractivity contribution in [2.75, 3.05) is 11.9 Å². The third kappa shape index (κ3) is 2.97. The second kappa shape index (κ2) is 6.62. The normalized spacial score (nSPS) is 11.0. The van der Waals surface area contributed by atoms with E-state index in [2.05, 4.69) is 39.6 Å². The lowest BCUT2D eigenvalue weighted by Gasteiger charge is -2.26. The van der Waals surface area contributed by atoms with Crippen LogP contribution in [0.25, 0.3) is 0 Å². The van der Waals surface area contributed by atoms with Crippen LogP contribution < -0.4 is 4.90 Å². The maximum Gasteiger partial charge on any atom is 0.258 e. The van der Waals surface area contributed by atoms with Crippen LogP contribution in [-0.2, 0) is 0 Å². The summed E-state index contributed by atoms with van der Waals surface area (Å²) in [6.45, 7) is 18.6. The second-order valence-electron chi connectivity index (χ2n) is 7.25. The first-order chi connectivity index (χ1) is 11.5. The van der Waals surface area contributed by atoms with Crippen LogP contribution in [0.15, 0.2) is 0 Å². The Kier molecular flexibility index (Phi) is 5.08. The van der Waals surface area contributed by atoms with Crippen molar-refractivity contribution < 1.29 is 4.79 Å². The standard InChI is InChI=1S/C22H30N2O/c1-11-12(2)15(5)20(16(6)13(11)3)22(25)24(10)21-17(7)14(4)18(8)23-19(21)9/h1-10H3. The van der Waals surface area contributed by atoms with Crippen molar-refractivity contribution in [1.29, 1.82) is 0 Å². The molecule has 2 rings (SSSR count). The zero-order valence-corrected chi connectivity index (χ0v) is 17.3. The predicted molar refractivity (Wildman–Crippen MR) is 106 cm³/mol. The summed E-state index contributed by atoms with van der Waals surface area (Å²) in [6.07, 6.45) is 0. The van der Waals surface area contributed by atoms with Gasteiger partial charge in [0.2, 0.25) is 0 Å². The van der Waals surface area contributed by atoms with Gasteiger partial charge in [0, 0.05) is 18.3 Å². The molecule has 1 heterocycles. The number of carbonyl (C=O) groups excluding carboxylic acids is 1. The number of aromatic nitrogens is 1. The van der Waals surface area contributed by atoms with Gasteiger partial charge in [0.05, 0.1) is 11.4 Å². The lowest BCUT2D eigenvalue weighted by molar-refractivity contribution is 0.0991. The number of benzene rings is 1. The summed E-state index contributed by atoms with van der Waals surface area (Å²) in [4.78, 5) is 19.8. The van der Waals surface area contributed by atoms with Gasteiger partial charge in [-0.1, -0.05) is 0 Å². The van der Waals surface area contributed by atoms with E-state index in [0.29, 0.717) is 0 Å². The Balaban J connectivity index is 2.67. The molecule has 1 aromatic carbocycles. The number of amides is 1. The molecule has 3 nitrogen and oxygen atoms in total. The summed E-state index contributed by atoms with van der Waals surface area (Å²) in [5, 5.41) is 0. The van der Waals surface area contributed by atoms with E-state index in [0.717, 1.165) is 44.9 Å². The van der Waals surface area contributed by atoms with Gasteiger partial charge in [-0.05, 0) is 101 Å². The molecule has 0 aliphatic heterocycles. The van der Waals surface area contributed by atoms with Gasteiger partial charge in [-0.2, -0.15) is 0 Å². The van der Waals surface area contributed by atoms with Crippen LogP contribution in [0.1, 0.15) is 60.7 Å². The lowest BCUT2D eigenvalue weighted by atomic mass is 9.89. The van der Waals surface area contributed by atoms with E-state index in [4.69, 9.17) is 0 Å². The molecule has 0 saturated carbocycles. The highest BCUT2D eigenvalue weighted by molar-refractivity contribution is 6.08. The monoisotopic (exact) mass is 338 g/mol. The largest absolute Gasteiger partial charge is 0.309 e. The SMILES string of the molecule is Cc1nc(C)c(N(C)C(=O)c2c(C)c(C)c(C)c(C)c2C)c(C)c1C. The molecule has 0 N–H and O–H groups in total. The molecule has 0 aliphatic carbocycles. The summed E-state index contributed by atoms with van der Waals surface area (Å²) in [7, 11) is 1.86. The third-order valence-corrected chi connectivity index (χ3v) is 5.99. The molecule has 0 saturated heterocycles. The molecule has 0 radical (unpaired) electrons. The van der Waals surface area contributed by atoms with Gasteiger partial charge >= 0.3 is 0 Å². The number of hydrogen-bond donors (Lipinski definition) is 0. The van der Waals surface area contributed by atoms with Gasteiger partial charge in [0.1, 0.15) is 0 Å². The van der Waals surface area contributed by atoms with Gasteiger partial charge in [-0.25, -0.2) is 0 Å². The molecule has 0 fully saturated rings. The van der Waals surface area contributed by atoms with Gasteiger partial charge in [0.15, 0.2) is 0 Å². The summed E-state index contributed by atoms with van der Waals surface area (Å²) >= 11 is 0. The molecule has 2 aromatic rings. The van der Waals surface area contributed by atoms with Crippen LogP contribution in [0.4, 0.5) is 5.69 Å². The number of anilines is 1. The Morgan fingerprint density at radius 1 is 0.640 bits per heavy atom. The fourth-order valence-electron chi connectivity index (χ4n) is 3.69. The van der Waals surface area contributed by atoms with Crippen molar-refractivity contribution in [3.63, 3.8) is 0 Å². The Hall–Kier alpha value is -2.16. The van der Waals surface area contributed by atoms with Crippen molar-refractivity contribution in [2.45, 2.75) is 62.3 Å². The quantitative estimate of drug-likeness (QED) is 0.760. The Labute approximate surface area is 152 Å². The highest BCUT2D eigenvalue weighted by Gasteiger charge is 2.24. The Bertz CT molecular complexity index is 850. The van der Waals surface area contributed by atoms with Crippen LogP contribution in [-0.4, -0.2) is 17.9 Å². The van der Waals surface area contributed by atoms with E-state index in [-0.39, 0.29) is 5.91 Å². The maximum atomic E-state index is 13.4. The van der Waals surface area contributed by atoms with E-state index in [1.165, 1.54) is 16.7 Å². The van der Waals surface area contributed by atoms with Crippen LogP contribution in [0.3, 0.4) is 0 Å². The molecule has 134 valence electrons. The maximum absolute atomic E-state index is 13.4. The fraction of sp³-hybridized carbons (Fsp3) is 0.455. The Morgan fingerprint density at radius 3 is 1.56 bits per heavy atom. The Morgan fingerprint density at radius 2 is 1.08 bits per heavy atom. The third-order valence-electron chi connectivity index (χ3n) is 5.99. The minimum absolute atomic E-state index is 0.0393. The van der Waals surface area contributed by atoms with Crippen molar-refractivity contribution in [1.82, 2.24) is 4.98 Å². The number of carbonyl (C=O) groups is 1. The summed E-state index contributed by atoms with van der Waals surface area (Å²) < 4.78 is 0. The number of rotatable bonds is 2. The molecule has 0 unspecified atom stereocenters. The topological polar surface area (TPSA) is 33.2 Å². The van der Waals surface area contributed by atoms with Crippen LogP contribution >= 0.6 is 0 Å². The highest BCUT2D eigenvalue weighted by atomic mass is 16.2. The first-order valence-corrected chi connectivity index (χ1v) is 8.80. The summed E-state index contributed by atoms with van der Waals surface area (Å²) in [5.41, 5.74) is 11.7.